The number of amides is 1. The Labute approximate surface area is 126 Å². The van der Waals surface area contributed by atoms with Gasteiger partial charge in [-0.3, -0.25) is 9.69 Å². The average molecular weight is 291 g/mol. The molecule has 21 heavy (non-hydrogen) atoms. The van der Waals surface area contributed by atoms with E-state index in [-0.39, 0.29) is 11.7 Å². The monoisotopic (exact) mass is 291 g/mol. The average Bonchev–Trinajstić information content (AvgIpc) is 2.50. The van der Waals surface area contributed by atoms with E-state index in [1.54, 1.807) is 25.1 Å². The summed E-state index contributed by atoms with van der Waals surface area (Å²) >= 11 is 0. The maximum atomic E-state index is 12.5. The smallest absolute Gasteiger partial charge is 0.253 e. The molecule has 0 aromatic heterocycles. The Morgan fingerprint density at radius 1 is 1.33 bits per heavy atom. The first-order valence-electron chi connectivity index (χ1n) is 7.52. The van der Waals surface area contributed by atoms with Crippen molar-refractivity contribution in [2.24, 2.45) is 11.7 Å². The van der Waals surface area contributed by atoms with Gasteiger partial charge in [-0.2, -0.15) is 0 Å². The number of carbonyl (C=O) groups excluding carboxylic acids is 1. The summed E-state index contributed by atoms with van der Waals surface area (Å²) in [7, 11) is 0. The Morgan fingerprint density at radius 3 is 2.57 bits per heavy atom. The van der Waals surface area contributed by atoms with Crippen LogP contribution in [0.3, 0.4) is 0 Å². The number of nitrogens with zero attached hydrogens (tertiary/aromatic N) is 2. The molecule has 1 saturated heterocycles. The molecule has 0 radical (unpaired) electrons. The molecule has 5 heteroatoms. The number of phenols is 1. The first-order chi connectivity index (χ1) is 10.0. The van der Waals surface area contributed by atoms with Gasteiger partial charge in [-0.15, -0.1) is 0 Å². The van der Waals surface area contributed by atoms with Crippen LogP contribution in [0.4, 0.5) is 0 Å². The van der Waals surface area contributed by atoms with Gasteiger partial charge in [0.05, 0.1) is 0 Å². The highest BCUT2D eigenvalue weighted by atomic mass is 16.3. The number of nitrogens with two attached hydrogens (primary N) is 1. The van der Waals surface area contributed by atoms with Gasteiger partial charge in [0.15, 0.2) is 0 Å². The molecule has 0 spiro atoms. The van der Waals surface area contributed by atoms with Crippen molar-refractivity contribution >= 4 is 5.91 Å². The Bertz CT molecular complexity index is 496. The molecule has 1 aliphatic heterocycles. The number of hydrogen-bond acceptors (Lipinski definition) is 4. The molecule has 116 valence electrons. The lowest BCUT2D eigenvalue weighted by Crippen LogP contribution is -2.50. The second-order valence-electron chi connectivity index (χ2n) is 5.93. The number of hydrogen-bond donors (Lipinski definition) is 2. The van der Waals surface area contributed by atoms with Crippen molar-refractivity contribution in [1.82, 2.24) is 9.80 Å². The van der Waals surface area contributed by atoms with Gasteiger partial charge in [-0.25, -0.2) is 0 Å². The van der Waals surface area contributed by atoms with E-state index >= 15 is 0 Å². The van der Waals surface area contributed by atoms with Gasteiger partial charge in [0, 0.05) is 38.3 Å². The number of piperazine rings is 1. The molecular weight excluding hydrogens is 266 g/mol. The lowest BCUT2D eigenvalue weighted by atomic mass is 10.1. The zero-order valence-corrected chi connectivity index (χ0v) is 12.9. The van der Waals surface area contributed by atoms with Crippen molar-refractivity contribution in [2.75, 3.05) is 39.3 Å². The minimum absolute atomic E-state index is 0.0459. The highest BCUT2D eigenvalue weighted by molar-refractivity contribution is 5.94. The summed E-state index contributed by atoms with van der Waals surface area (Å²) in [5, 5.41) is 9.54. The summed E-state index contributed by atoms with van der Waals surface area (Å²) in [4.78, 5) is 16.7. The highest BCUT2D eigenvalue weighted by Crippen LogP contribution is 2.18. The topological polar surface area (TPSA) is 69.8 Å². The van der Waals surface area contributed by atoms with E-state index in [2.05, 4.69) is 11.8 Å². The van der Waals surface area contributed by atoms with Crippen molar-refractivity contribution < 1.29 is 9.90 Å². The van der Waals surface area contributed by atoms with Crippen LogP contribution in [0.15, 0.2) is 18.2 Å². The highest BCUT2D eigenvalue weighted by Gasteiger charge is 2.23. The molecule has 1 heterocycles. The van der Waals surface area contributed by atoms with E-state index in [9.17, 15) is 9.90 Å². The molecule has 1 amide bonds. The third kappa shape index (κ3) is 3.95. The summed E-state index contributed by atoms with van der Waals surface area (Å²) in [6.45, 7) is 8.93. The fourth-order valence-corrected chi connectivity index (χ4v) is 2.62. The van der Waals surface area contributed by atoms with Crippen LogP contribution >= 0.6 is 0 Å². The van der Waals surface area contributed by atoms with E-state index in [1.165, 1.54) is 0 Å². The third-order valence-electron chi connectivity index (χ3n) is 4.08. The van der Waals surface area contributed by atoms with Crippen LogP contribution in [-0.4, -0.2) is 60.1 Å². The van der Waals surface area contributed by atoms with E-state index in [0.717, 1.165) is 38.3 Å². The second kappa shape index (κ2) is 6.91. The van der Waals surface area contributed by atoms with Crippen molar-refractivity contribution in [2.45, 2.75) is 13.8 Å². The second-order valence-corrected chi connectivity index (χ2v) is 5.93. The molecule has 0 aliphatic carbocycles. The maximum absolute atomic E-state index is 12.5. The normalized spacial score (nSPS) is 17.8. The number of rotatable bonds is 4. The van der Waals surface area contributed by atoms with Crippen LogP contribution in [0.1, 0.15) is 22.8 Å². The molecule has 1 aliphatic rings. The van der Waals surface area contributed by atoms with Crippen molar-refractivity contribution in [3.63, 3.8) is 0 Å². The molecule has 0 bridgehead atoms. The molecule has 2 rings (SSSR count). The summed E-state index contributed by atoms with van der Waals surface area (Å²) < 4.78 is 0. The standard InChI is InChI=1S/C16H25N3O2/c1-12(10-17)11-18-5-7-19(8-6-18)16(21)14-3-4-15(20)13(2)9-14/h3-4,9,12,20H,5-8,10-11,17H2,1-2H3. The zero-order valence-electron chi connectivity index (χ0n) is 12.9. The van der Waals surface area contributed by atoms with Crippen LogP contribution in [0.2, 0.25) is 0 Å². The predicted molar refractivity (Wildman–Crippen MR) is 83.4 cm³/mol. The van der Waals surface area contributed by atoms with E-state index in [1.807, 2.05) is 4.90 Å². The molecule has 5 nitrogen and oxygen atoms in total. The molecule has 1 aromatic carbocycles. The number of benzene rings is 1. The molecule has 1 aromatic rings. The molecule has 1 unspecified atom stereocenters. The number of aryl methyl sites for hydroxylation is 1. The van der Waals surface area contributed by atoms with Crippen molar-refractivity contribution in [1.29, 1.82) is 0 Å². The fraction of sp³-hybridized carbons (Fsp3) is 0.562. The SMILES string of the molecule is Cc1cc(C(=O)N2CCN(CC(C)CN)CC2)ccc1O. The minimum Gasteiger partial charge on any atom is -0.508 e. The summed E-state index contributed by atoms with van der Waals surface area (Å²) in [6.07, 6.45) is 0. The van der Waals surface area contributed by atoms with E-state index in [0.29, 0.717) is 18.0 Å². The minimum atomic E-state index is 0.0459. The van der Waals surface area contributed by atoms with Gasteiger partial charge in [-0.1, -0.05) is 6.92 Å². The van der Waals surface area contributed by atoms with Crippen LogP contribution in [0.5, 0.6) is 5.75 Å². The van der Waals surface area contributed by atoms with Crippen LogP contribution in [-0.2, 0) is 0 Å². The Morgan fingerprint density at radius 2 is 2.00 bits per heavy atom. The Balaban J connectivity index is 1.92. The van der Waals surface area contributed by atoms with Gasteiger partial charge in [0.25, 0.3) is 5.91 Å². The fourth-order valence-electron chi connectivity index (χ4n) is 2.62. The largest absolute Gasteiger partial charge is 0.508 e. The number of aromatic hydroxyl groups is 1. The van der Waals surface area contributed by atoms with Crippen LogP contribution < -0.4 is 5.73 Å². The number of phenolic OH excluding ortho intramolecular Hbond substituents is 1. The van der Waals surface area contributed by atoms with Crippen LogP contribution in [0.25, 0.3) is 0 Å². The lowest BCUT2D eigenvalue weighted by Gasteiger charge is -2.35. The summed E-state index contributed by atoms with van der Waals surface area (Å²) in [5.41, 5.74) is 7.04. The molecule has 0 saturated carbocycles. The van der Waals surface area contributed by atoms with Gasteiger partial charge >= 0.3 is 0 Å². The molecule has 1 fully saturated rings. The molecular formula is C16H25N3O2. The summed E-state index contributed by atoms with van der Waals surface area (Å²) in [5.74, 6) is 0.767. The summed E-state index contributed by atoms with van der Waals surface area (Å²) in [6, 6.07) is 5.02. The molecule has 1 atom stereocenters. The van der Waals surface area contributed by atoms with Gasteiger partial charge in [0.1, 0.15) is 5.75 Å². The predicted octanol–water partition coefficient (Wildman–Crippen LogP) is 1.05. The van der Waals surface area contributed by atoms with Gasteiger partial charge in [-0.05, 0) is 43.1 Å². The molecule has 3 N–H and O–H groups in total. The first-order valence-corrected chi connectivity index (χ1v) is 7.52. The first kappa shape index (κ1) is 15.8. The number of carbonyl (C=O) groups is 1. The lowest BCUT2D eigenvalue weighted by molar-refractivity contribution is 0.0622. The van der Waals surface area contributed by atoms with E-state index in [4.69, 9.17) is 5.73 Å². The third-order valence-corrected chi connectivity index (χ3v) is 4.08. The Hall–Kier alpha value is -1.59. The maximum Gasteiger partial charge on any atom is 0.253 e. The quantitative estimate of drug-likeness (QED) is 0.870. The van der Waals surface area contributed by atoms with E-state index < -0.39 is 0 Å². The zero-order chi connectivity index (χ0) is 15.4. The van der Waals surface area contributed by atoms with Gasteiger partial charge in [0.2, 0.25) is 0 Å². The van der Waals surface area contributed by atoms with Crippen molar-refractivity contribution in [3.05, 3.63) is 29.3 Å². The van der Waals surface area contributed by atoms with Crippen molar-refractivity contribution in [3.8, 4) is 5.75 Å². The Kier molecular flexibility index (Phi) is 5.20. The van der Waals surface area contributed by atoms with Gasteiger partial charge < -0.3 is 15.7 Å². The van der Waals surface area contributed by atoms with Crippen LogP contribution in [0, 0.1) is 12.8 Å².